The number of hydrogen-bond donors (Lipinski definition) is 1. The summed E-state index contributed by atoms with van der Waals surface area (Å²) in [6, 6.07) is 0. The summed E-state index contributed by atoms with van der Waals surface area (Å²) in [5.41, 5.74) is 0.288. The molecular formula is C7H13NO4S. The summed E-state index contributed by atoms with van der Waals surface area (Å²) in [5.74, 6) is -0.703. The van der Waals surface area contributed by atoms with Crippen LogP contribution in [0.2, 0.25) is 0 Å². The molecule has 0 radical (unpaired) electrons. The Bertz CT molecular complexity index is 294. The fourth-order valence-electron chi connectivity index (χ4n) is 0.548. The highest BCUT2D eigenvalue weighted by Crippen LogP contribution is 1.94. The van der Waals surface area contributed by atoms with Crippen molar-refractivity contribution < 1.29 is 17.9 Å². The number of carbonyl (C=O) groups is 1. The molecule has 0 aromatic rings. The fourth-order valence-corrected chi connectivity index (χ4v) is 1.07. The van der Waals surface area contributed by atoms with Crippen LogP contribution in [0.3, 0.4) is 0 Å². The van der Waals surface area contributed by atoms with Crippen molar-refractivity contribution in [3.8, 4) is 0 Å². The van der Waals surface area contributed by atoms with Crippen LogP contribution in [0.5, 0.6) is 0 Å². The molecule has 0 saturated heterocycles. The highest BCUT2D eigenvalue weighted by atomic mass is 32.2. The number of sulfonamides is 1. The second-order valence-electron chi connectivity index (χ2n) is 2.64. The Labute approximate surface area is 77.6 Å². The lowest BCUT2D eigenvalue weighted by Crippen LogP contribution is -2.18. The molecule has 0 amide bonds. The van der Waals surface area contributed by atoms with Crippen LogP contribution >= 0.6 is 0 Å². The summed E-state index contributed by atoms with van der Waals surface area (Å²) in [5, 5.41) is 4.73. The van der Waals surface area contributed by atoms with Gasteiger partial charge in [-0.15, -0.1) is 0 Å². The van der Waals surface area contributed by atoms with Gasteiger partial charge in [-0.1, -0.05) is 6.58 Å². The first-order valence-corrected chi connectivity index (χ1v) is 5.37. The fraction of sp³-hybridized carbons (Fsp3) is 0.571. The van der Waals surface area contributed by atoms with E-state index in [1.807, 2.05) is 0 Å². The third kappa shape index (κ3) is 7.48. The summed E-state index contributed by atoms with van der Waals surface area (Å²) in [7, 11) is -3.46. The van der Waals surface area contributed by atoms with Crippen molar-refractivity contribution in [1.82, 2.24) is 0 Å². The molecule has 0 bridgehead atoms. The SMILES string of the molecule is C=C(C)C(=O)OCCCS(N)(=O)=O. The van der Waals surface area contributed by atoms with E-state index in [4.69, 9.17) is 5.14 Å². The topological polar surface area (TPSA) is 86.5 Å². The minimum atomic E-state index is -3.46. The summed E-state index contributed by atoms with van der Waals surface area (Å²) in [6.07, 6.45) is 0.206. The molecule has 0 atom stereocenters. The van der Waals surface area contributed by atoms with Gasteiger partial charge in [0.15, 0.2) is 0 Å². The Morgan fingerprint density at radius 1 is 1.54 bits per heavy atom. The Morgan fingerprint density at radius 3 is 2.46 bits per heavy atom. The van der Waals surface area contributed by atoms with Gasteiger partial charge in [0.1, 0.15) is 0 Å². The molecule has 0 aromatic carbocycles. The zero-order valence-electron chi connectivity index (χ0n) is 7.45. The second-order valence-corrected chi connectivity index (χ2v) is 4.37. The van der Waals surface area contributed by atoms with Crippen LogP contribution in [0.15, 0.2) is 12.2 Å². The Balaban J connectivity index is 3.59. The van der Waals surface area contributed by atoms with E-state index >= 15 is 0 Å². The molecule has 5 nitrogen and oxygen atoms in total. The van der Waals surface area contributed by atoms with Crippen molar-refractivity contribution in [2.24, 2.45) is 5.14 Å². The standard InChI is InChI=1S/C7H13NO4S/c1-6(2)7(9)12-4-3-5-13(8,10)11/h1,3-5H2,2H3,(H2,8,10,11). The van der Waals surface area contributed by atoms with Crippen LogP contribution < -0.4 is 5.14 Å². The van der Waals surface area contributed by atoms with E-state index in [2.05, 4.69) is 11.3 Å². The molecule has 0 unspecified atom stereocenters. The van der Waals surface area contributed by atoms with Gasteiger partial charge in [-0.25, -0.2) is 18.4 Å². The van der Waals surface area contributed by atoms with Crippen LogP contribution in [0, 0.1) is 0 Å². The summed E-state index contributed by atoms with van der Waals surface area (Å²) in [4.78, 5) is 10.8. The average Bonchev–Trinajstić information content (AvgIpc) is 1.95. The first-order valence-electron chi connectivity index (χ1n) is 3.66. The van der Waals surface area contributed by atoms with Crippen LogP contribution in [-0.4, -0.2) is 26.7 Å². The number of esters is 1. The lowest BCUT2D eigenvalue weighted by molar-refractivity contribution is -0.138. The molecule has 0 aliphatic rings. The molecule has 6 heteroatoms. The van der Waals surface area contributed by atoms with E-state index in [0.29, 0.717) is 0 Å². The second kappa shape index (κ2) is 4.98. The van der Waals surface area contributed by atoms with E-state index in [9.17, 15) is 13.2 Å². The first-order chi connectivity index (χ1) is 5.83. The highest BCUT2D eigenvalue weighted by molar-refractivity contribution is 7.89. The molecule has 0 aliphatic heterocycles. The predicted molar refractivity (Wildman–Crippen MR) is 48.4 cm³/mol. The van der Waals surface area contributed by atoms with Crippen LogP contribution in [0.1, 0.15) is 13.3 Å². The van der Waals surface area contributed by atoms with E-state index in [0.717, 1.165) is 0 Å². The number of primary sulfonamides is 1. The lowest BCUT2D eigenvalue weighted by atomic mass is 10.4. The van der Waals surface area contributed by atoms with Gasteiger partial charge in [-0.3, -0.25) is 0 Å². The highest BCUT2D eigenvalue weighted by Gasteiger charge is 2.05. The molecule has 76 valence electrons. The molecule has 0 aliphatic carbocycles. The normalized spacial score (nSPS) is 10.9. The van der Waals surface area contributed by atoms with Crippen LogP contribution in [-0.2, 0) is 19.6 Å². The smallest absolute Gasteiger partial charge is 0.333 e. The monoisotopic (exact) mass is 207 g/mol. The van der Waals surface area contributed by atoms with E-state index in [1.54, 1.807) is 0 Å². The van der Waals surface area contributed by atoms with Gasteiger partial charge in [0.2, 0.25) is 10.0 Å². The van der Waals surface area contributed by atoms with Crippen molar-refractivity contribution in [2.75, 3.05) is 12.4 Å². The van der Waals surface area contributed by atoms with Gasteiger partial charge in [0, 0.05) is 5.57 Å². The molecule has 0 saturated carbocycles. The van der Waals surface area contributed by atoms with Crippen LogP contribution in [0.4, 0.5) is 0 Å². The maximum Gasteiger partial charge on any atom is 0.333 e. The molecule has 13 heavy (non-hydrogen) atoms. The summed E-state index contributed by atoms with van der Waals surface area (Å²) < 4.78 is 25.5. The van der Waals surface area contributed by atoms with Gasteiger partial charge in [-0.2, -0.15) is 0 Å². The summed E-state index contributed by atoms with van der Waals surface area (Å²) >= 11 is 0. The van der Waals surface area contributed by atoms with Gasteiger partial charge in [0.05, 0.1) is 12.4 Å². The van der Waals surface area contributed by atoms with Gasteiger partial charge in [-0.05, 0) is 13.3 Å². The Morgan fingerprint density at radius 2 is 2.08 bits per heavy atom. The maximum atomic E-state index is 10.8. The zero-order valence-corrected chi connectivity index (χ0v) is 8.26. The largest absolute Gasteiger partial charge is 0.462 e. The molecular weight excluding hydrogens is 194 g/mol. The van der Waals surface area contributed by atoms with E-state index < -0.39 is 16.0 Å². The minimum Gasteiger partial charge on any atom is -0.462 e. The van der Waals surface area contributed by atoms with E-state index in [1.165, 1.54) is 6.92 Å². The van der Waals surface area contributed by atoms with E-state index in [-0.39, 0.29) is 24.4 Å². The lowest BCUT2D eigenvalue weighted by Gasteiger charge is -2.02. The maximum absolute atomic E-state index is 10.8. The quantitative estimate of drug-likeness (QED) is 0.384. The molecule has 2 N–H and O–H groups in total. The first kappa shape index (κ1) is 12.1. The average molecular weight is 207 g/mol. The number of nitrogens with two attached hydrogens (primary N) is 1. The Hall–Kier alpha value is -0.880. The number of hydrogen-bond acceptors (Lipinski definition) is 4. The van der Waals surface area contributed by atoms with Crippen molar-refractivity contribution >= 4 is 16.0 Å². The number of rotatable bonds is 5. The third-order valence-corrected chi connectivity index (χ3v) is 2.01. The van der Waals surface area contributed by atoms with Gasteiger partial charge < -0.3 is 4.74 Å². The molecule has 0 fully saturated rings. The third-order valence-electron chi connectivity index (χ3n) is 1.15. The zero-order chi connectivity index (χ0) is 10.5. The Kier molecular flexibility index (Phi) is 4.64. The van der Waals surface area contributed by atoms with Crippen molar-refractivity contribution in [2.45, 2.75) is 13.3 Å². The number of carbonyl (C=O) groups excluding carboxylic acids is 1. The van der Waals surface area contributed by atoms with Gasteiger partial charge in [0.25, 0.3) is 0 Å². The van der Waals surface area contributed by atoms with Crippen molar-refractivity contribution in [3.05, 3.63) is 12.2 Å². The van der Waals surface area contributed by atoms with Crippen LogP contribution in [0.25, 0.3) is 0 Å². The minimum absolute atomic E-state index is 0.0438. The van der Waals surface area contributed by atoms with Crippen molar-refractivity contribution in [3.63, 3.8) is 0 Å². The molecule has 0 heterocycles. The summed E-state index contributed by atoms with van der Waals surface area (Å²) in [6.45, 7) is 4.92. The van der Waals surface area contributed by atoms with Gasteiger partial charge >= 0.3 is 5.97 Å². The predicted octanol–water partition coefficient (Wildman–Crippen LogP) is -0.216. The molecule has 0 aromatic heterocycles. The molecule has 0 rings (SSSR count). The molecule has 0 spiro atoms. The van der Waals surface area contributed by atoms with Crippen molar-refractivity contribution in [1.29, 1.82) is 0 Å². The number of ether oxygens (including phenoxy) is 1.